The molecule has 8 heteroatoms. The summed E-state index contributed by atoms with van der Waals surface area (Å²) in [5.41, 5.74) is 0. The number of likely N-dealkylation sites (tertiary alicyclic amines) is 1. The second-order valence-corrected chi connectivity index (χ2v) is 8.85. The predicted molar refractivity (Wildman–Crippen MR) is 83.6 cm³/mol. The van der Waals surface area contributed by atoms with Crippen LogP contribution in [-0.2, 0) is 14.6 Å². The zero-order valence-electron chi connectivity index (χ0n) is 13.4. The Hall–Kier alpha value is -1.44. The second-order valence-electron chi connectivity index (χ2n) is 6.62. The molecule has 128 valence electrons. The van der Waals surface area contributed by atoms with E-state index >= 15 is 0 Å². The molecule has 2 aliphatic rings. The lowest BCUT2D eigenvalue weighted by molar-refractivity contribution is -0.132. The predicted octanol–water partition coefficient (Wildman–Crippen LogP) is 1.30. The van der Waals surface area contributed by atoms with E-state index in [1.807, 2.05) is 4.90 Å². The molecule has 1 aromatic rings. The first-order valence-electron chi connectivity index (χ1n) is 8.21. The number of carbonyl (C=O) groups is 1. The van der Waals surface area contributed by atoms with Crippen LogP contribution in [0.5, 0.6) is 0 Å². The van der Waals surface area contributed by atoms with Gasteiger partial charge in [0.15, 0.2) is 9.84 Å². The lowest BCUT2D eigenvalue weighted by atomic mass is 9.96. The van der Waals surface area contributed by atoms with Crippen molar-refractivity contribution in [3.05, 3.63) is 11.8 Å². The van der Waals surface area contributed by atoms with Crippen LogP contribution in [0.15, 0.2) is 4.42 Å². The van der Waals surface area contributed by atoms with Crippen molar-refractivity contribution in [2.24, 2.45) is 5.92 Å². The minimum absolute atomic E-state index is 0.134. The van der Waals surface area contributed by atoms with Crippen molar-refractivity contribution >= 4 is 15.7 Å². The standard InChI is InChI=1S/C15H23N3O4S/c1-11-16-17-15(22-11)13-4-7-18(8-5-13)14(19)3-2-12-6-9-23(20,21)10-12/h12-13H,2-10H2,1H3. The largest absolute Gasteiger partial charge is 0.425 e. The zero-order chi connectivity index (χ0) is 16.4. The highest BCUT2D eigenvalue weighted by Crippen LogP contribution is 2.28. The average molecular weight is 341 g/mol. The molecule has 0 N–H and O–H groups in total. The molecule has 3 rings (SSSR count). The summed E-state index contributed by atoms with van der Waals surface area (Å²) in [6.07, 6.45) is 3.51. The summed E-state index contributed by atoms with van der Waals surface area (Å²) in [4.78, 5) is 14.2. The van der Waals surface area contributed by atoms with E-state index < -0.39 is 9.84 Å². The summed E-state index contributed by atoms with van der Waals surface area (Å²) in [5, 5.41) is 7.92. The van der Waals surface area contributed by atoms with Gasteiger partial charge in [0.2, 0.25) is 17.7 Å². The van der Waals surface area contributed by atoms with Gasteiger partial charge in [0.25, 0.3) is 0 Å². The molecule has 0 saturated carbocycles. The van der Waals surface area contributed by atoms with Crippen LogP contribution in [0, 0.1) is 12.8 Å². The molecular formula is C15H23N3O4S. The Kier molecular flexibility index (Phi) is 4.70. The third-order valence-corrected chi connectivity index (χ3v) is 6.67. The van der Waals surface area contributed by atoms with Crippen molar-refractivity contribution in [3.8, 4) is 0 Å². The average Bonchev–Trinajstić information content (AvgIpc) is 3.10. The number of hydrogen-bond donors (Lipinski definition) is 0. The van der Waals surface area contributed by atoms with Crippen molar-refractivity contribution in [2.75, 3.05) is 24.6 Å². The fraction of sp³-hybridized carbons (Fsp3) is 0.800. The van der Waals surface area contributed by atoms with Crippen LogP contribution in [-0.4, -0.2) is 54.0 Å². The molecule has 2 saturated heterocycles. The number of carbonyl (C=O) groups excluding carboxylic acids is 1. The molecule has 0 radical (unpaired) electrons. The third kappa shape index (κ3) is 4.10. The summed E-state index contributed by atoms with van der Waals surface area (Å²) in [5.74, 6) is 2.30. The van der Waals surface area contributed by atoms with Gasteiger partial charge in [-0.05, 0) is 31.6 Å². The maximum atomic E-state index is 12.3. The van der Waals surface area contributed by atoms with E-state index in [9.17, 15) is 13.2 Å². The SMILES string of the molecule is Cc1nnc(C2CCN(C(=O)CCC3CCS(=O)(=O)C3)CC2)o1. The number of rotatable bonds is 4. The molecule has 1 amide bonds. The lowest BCUT2D eigenvalue weighted by Gasteiger charge is -2.30. The van der Waals surface area contributed by atoms with Gasteiger partial charge >= 0.3 is 0 Å². The number of aromatic nitrogens is 2. The molecule has 3 heterocycles. The highest BCUT2D eigenvalue weighted by molar-refractivity contribution is 7.91. The Balaban J connectivity index is 1.43. The molecule has 1 atom stereocenters. The van der Waals surface area contributed by atoms with Gasteiger partial charge in [-0.3, -0.25) is 4.79 Å². The van der Waals surface area contributed by atoms with Crippen LogP contribution < -0.4 is 0 Å². The van der Waals surface area contributed by atoms with Gasteiger partial charge in [-0.25, -0.2) is 8.42 Å². The molecule has 1 unspecified atom stereocenters. The molecule has 0 aromatic carbocycles. The number of aryl methyl sites for hydroxylation is 1. The topological polar surface area (TPSA) is 93.4 Å². The van der Waals surface area contributed by atoms with Gasteiger partial charge in [0.1, 0.15) is 0 Å². The number of hydrogen-bond acceptors (Lipinski definition) is 6. The first kappa shape index (κ1) is 16.4. The van der Waals surface area contributed by atoms with Crippen LogP contribution in [0.4, 0.5) is 0 Å². The van der Waals surface area contributed by atoms with Gasteiger partial charge in [-0.1, -0.05) is 0 Å². The monoisotopic (exact) mass is 341 g/mol. The highest BCUT2D eigenvalue weighted by atomic mass is 32.2. The summed E-state index contributed by atoms with van der Waals surface area (Å²) in [7, 11) is -2.85. The second kappa shape index (κ2) is 6.59. The molecule has 0 bridgehead atoms. The fourth-order valence-corrected chi connectivity index (χ4v) is 5.35. The Morgan fingerprint density at radius 1 is 1.26 bits per heavy atom. The van der Waals surface area contributed by atoms with E-state index in [0.717, 1.165) is 12.8 Å². The lowest BCUT2D eigenvalue weighted by Crippen LogP contribution is -2.38. The van der Waals surface area contributed by atoms with Crippen LogP contribution in [0.2, 0.25) is 0 Å². The summed E-state index contributed by atoms with van der Waals surface area (Å²) in [6, 6.07) is 0. The maximum absolute atomic E-state index is 12.3. The van der Waals surface area contributed by atoms with Crippen molar-refractivity contribution in [3.63, 3.8) is 0 Å². The van der Waals surface area contributed by atoms with Gasteiger partial charge in [0.05, 0.1) is 11.5 Å². The van der Waals surface area contributed by atoms with Crippen LogP contribution >= 0.6 is 0 Å². The Bertz CT molecular complexity index is 662. The smallest absolute Gasteiger partial charge is 0.222 e. The van der Waals surface area contributed by atoms with Crippen molar-refractivity contribution in [1.29, 1.82) is 0 Å². The molecule has 23 heavy (non-hydrogen) atoms. The van der Waals surface area contributed by atoms with Gasteiger partial charge < -0.3 is 9.32 Å². The number of amides is 1. The summed E-state index contributed by atoms with van der Waals surface area (Å²) in [6.45, 7) is 3.18. The van der Waals surface area contributed by atoms with Gasteiger partial charge in [-0.2, -0.15) is 0 Å². The summed E-state index contributed by atoms with van der Waals surface area (Å²) >= 11 is 0. The Labute approximate surface area is 136 Å². The van der Waals surface area contributed by atoms with Crippen LogP contribution in [0.25, 0.3) is 0 Å². The minimum Gasteiger partial charge on any atom is -0.425 e. The van der Waals surface area contributed by atoms with E-state index in [4.69, 9.17) is 4.42 Å². The molecule has 0 aliphatic carbocycles. The summed E-state index contributed by atoms with van der Waals surface area (Å²) < 4.78 is 28.4. The van der Waals surface area contributed by atoms with E-state index in [1.54, 1.807) is 6.92 Å². The quantitative estimate of drug-likeness (QED) is 0.819. The molecule has 2 aliphatic heterocycles. The fourth-order valence-electron chi connectivity index (χ4n) is 3.44. The number of sulfone groups is 1. The van der Waals surface area contributed by atoms with Gasteiger partial charge in [-0.15, -0.1) is 10.2 Å². The van der Waals surface area contributed by atoms with Crippen molar-refractivity contribution < 1.29 is 17.6 Å². The Morgan fingerprint density at radius 3 is 2.57 bits per heavy atom. The highest BCUT2D eigenvalue weighted by Gasteiger charge is 2.30. The first-order valence-corrected chi connectivity index (χ1v) is 10.0. The van der Waals surface area contributed by atoms with Crippen molar-refractivity contribution in [2.45, 2.75) is 44.9 Å². The maximum Gasteiger partial charge on any atom is 0.222 e. The van der Waals surface area contributed by atoms with E-state index in [1.165, 1.54) is 0 Å². The van der Waals surface area contributed by atoms with Gasteiger partial charge in [0, 0.05) is 32.4 Å². The first-order chi connectivity index (χ1) is 10.9. The molecular weight excluding hydrogens is 318 g/mol. The zero-order valence-corrected chi connectivity index (χ0v) is 14.2. The molecule has 7 nitrogen and oxygen atoms in total. The number of piperidine rings is 1. The number of nitrogens with zero attached hydrogens (tertiary/aromatic N) is 3. The minimum atomic E-state index is -2.85. The molecule has 2 fully saturated rings. The molecule has 1 aromatic heterocycles. The normalized spacial score (nSPS) is 24.9. The van der Waals surface area contributed by atoms with E-state index in [-0.39, 0.29) is 29.2 Å². The van der Waals surface area contributed by atoms with Crippen molar-refractivity contribution in [1.82, 2.24) is 15.1 Å². The van der Waals surface area contributed by atoms with Crippen LogP contribution in [0.3, 0.4) is 0 Å². The molecule has 0 spiro atoms. The third-order valence-electron chi connectivity index (χ3n) is 4.83. The van der Waals surface area contributed by atoms with E-state index in [0.29, 0.717) is 44.1 Å². The Morgan fingerprint density at radius 2 is 2.00 bits per heavy atom. The van der Waals surface area contributed by atoms with Crippen LogP contribution in [0.1, 0.15) is 49.8 Å². The van der Waals surface area contributed by atoms with E-state index in [2.05, 4.69) is 10.2 Å².